The SMILES string of the molecule is ClCc1ccc(Oc2cc(Cl)cc(Cl)c2)c(Br)c1. The average molecular weight is 366 g/mol. The summed E-state index contributed by atoms with van der Waals surface area (Å²) >= 11 is 21.0. The number of benzene rings is 2. The molecule has 0 N–H and O–H groups in total. The van der Waals surface area contributed by atoms with E-state index in [4.69, 9.17) is 39.5 Å². The molecule has 0 unspecified atom stereocenters. The van der Waals surface area contributed by atoms with E-state index in [0.717, 1.165) is 10.0 Å². The van der Waals surface area contributed by atoms with Crippen LogP contribution in [0.4, 0.5) is 0 Å². The Morgan fingerprint density at radius 2 is 1.67 bits per heavy atom. The van der Waals surface area contributed by atoms with Crippen LogP contribution in [0.25, 0.3) is 0 Å². The number of ether oxygens (including phenoxy) is 1. The maximum absolute atomic E-state index is 5.91. The Morgan fingerprint density at radius 3 is 2.22 bits per heavy atom. The van der Waals surface area contributed by atoms with Crippen molar-refractivity contribution >= 4 is 50.7 Å². The molecular weight excluding hydrogens is 358 g/mol. The van der Waals surface area contributed by atoms with Crippen molar-refractivity contribution in [2.24, 2.45) is 0 Å². The minimum atomic E-state index is 0.460. The lowest BCUT2D eigenvalue weighted by molar-refractivity contribution is 0.479. The van der Waals surface area contributed by atoms with E-state index in [1.165, 1.54) is 0 Å². The lowest BCUT2D eigenvalue weighted by atomic mass is 10.2. The molecule has 0 heterocycles. The van der Waals surface area contributed by atoms with Gasteiger partial charge < -0.3 is 4.74 Å². The zero-order valence-corrected chi connectivity index (χ0v) is 12.9. The van der Waals surface area contributed by atoms with Gasteiger partial charge in [-0.1, -0.05) is 29.3 Å². The van der Waals surface area contributed by atoms with Crippen LogP contribution >= 0.6 is 50.7 Å². The summed E-state index contributed by atoms with van der Waals surface area (Å²) in [6, 6.07) is 10.7. The summed E-state index contributed by atoms with van der Waals surface area (Å²) in [5, 5.41) is 1.07. The molecule has 0 aromatic heterocycles. The van der Waals surface area contributed by atoms with Gasteiger partial charge in [0.05, 0.1) is 4.47 Å². The Labute approximate surface area is 129 Å². The van der Waals surface area contributed by atoms with Crippen molar-refractivity contribution in [2.45, 2.75) is 5.88 Å². The normalized spacial score (nSPS) is 10.4. The Balaban J connectivity index is 2.28. The largest absolute Gasteiger partial charge is 0.456 e. The lowest BCUT2D eigenvalue weighted by Gasteiger charge is -2.09. The fourth-order valence-electron chi connectivity index (χ4n) is 1.42. The van der Waals surface area contributed by atoms with Crippen molar-refractivity contribution in [3.05, 3.63) is 56.5 Å². The molecule has 0 atom stereocenters. The molecule has 0 fully saturated rings. The van der Waals surface area contributed by atoms with Gasteiger partial charge in [0.15, 0.2) is 0 Å². The molecule has 0 spiro atoms. The number of hydrogen-bond donors (Lipinski definition) is 0. The van der Waals surface area contributed by atoms with Crippen molar-refractivity contribution in [1.82, 2.24) is 0 Å². The van der Waals surface area contributed by atoms with E-state index >= 15 is 0 Å². The number of alkyl halides is 1. The molecule has 0 aliphatic carbocycles. The number of hydrogen-bond acceptors (Lipinski definition) is 1. The van der Waals surface area contributed by atoms with Gasteiger partial charge >= 0.3 is 0 Å². The summed E-state index contributed by atoms with van der Waals surface area (Å²) in [7, 11) is 0. The van der Waals surface area contributed by atoms with Crippen LogP contribution in [-0.2, 0) is 5.88 Å². The third kappa shape index (κ3) is 3.55. The lowest BCUT2D eigenvalue weighted by Crippen LogP contribution is -1.87. The van der Waals surface area contributed by atoms with E-state index in [1.54, 1.807) is 18.2 Å². The van der Waals surface area contributed by atoms with Crippen LogP contribution in [0, 0.1) is 0 Å². The summed E-state index contributed by atoms with van der Waals surface area (Å²) < 4.78 is 6.54. The highest BCUT2D eigenvalue weighted by molar-refractivity contribution is 9.10. The molecule has 2 aromatic rings. The van der Waals surface area contributed by atoms with Crippen molar-refractivity contribution in [3.63, 3.8) is 0 Å². The molecule has 0 radical (unpaired) electrons. The first-order valence-electron chi connectivity index (χ1n) is 5.07. The van der Waals surface area contributed by atoms with Crippen LogP contribution in [0.1, 0.15) is 5.56 Å². The maximum Gasteiger partial charge on any atom is 0.141 e. The van der Waals surface area contributed by atoms with E-state index in [-0.39, 0.29) is 0 Å². The van der Waals surface area contributed by atoms with Crippen molar-refractivity contribution in [3.8, 4) is 11.5 Å². The average Bonchev–Trinajstić information content (AvgIpc) is 2.30. The van der Waals surface area contributed by atoms with E-state index < -0.39 is 0 Å². The van der Waals surface area contributed by atoms with Crippen molar-refractivity contribution in [2.75, 3.05) is 0 Å². The van der Waals surface area contributed by atoms with Crippen molar-refractivity contribution < 1.29 is 4.74 Å². The molecule has 0 bridgehead atoms. The zero-order valence-electron chi connectivity index (χ0n) is 9.09. The number of rotatable bonds is 3. The molecule has 1 nitrogen and oxygen atoms in total. The highest BCUT2D eigenvalue weighted by atomic mass is 79.9. The first-order chi connectivity index (χ1) is 8.58. The van der Waals surface area contributed by atoms with Crippen LogP contribution in [0.3, 0.4) is 0 Å². The monoisotopic (exact) mass is 364 g/mol. The van der Waals surface area contributed by atoms with Gasteiger partial charge in [-0.25, -0.2) is 0 Å². The second-order valence-electron chi connectivity index (χ2n) is 3.61. The van der Waals surface area contributed by atoms with Gasteiger partial charge in [0.1, 0.15) is 11.5 Å². The first-order valence-corrected chi connectivity index (χ1v) is 7.15. The van der Waals surface area contributed by atoms with Gasteiger partial charge in [0.25, 0.3) is 0 Å². The summed E-state index contributed by atoms with van der Waals surface area (Å²) in [6.45, 7) is 0. The fraction of sp³-hybridized carbons (Fsp3) is 0.0769. The highest BCUT2D eigenvalue weighted by Crippen LogP contribution is 2.33. The summed E-state index contributed by atoms with van der Waals surface area (Å²) in [4.78, 5) is 0. The van der Waals surface area contributed by atoms with Gasteiger partial charge in [-0.2, -0.15) is 0 Å². The van der Waals surface area contributed by atoms with Crippen LogP contribution < -0.4 is 4.74 Å². The topological polar surface area (TPSA) is 9.23 Å². The minimum Gasteiger partial charge on any atom is -0.456 e. The summed E-state index contributed by atoms with van der Waals surface area (Å²) in [5.74, 6) is 1.73. The Bertz CT molecular complexity index is 552. The van der Waals surface area contributed by atoms with Crippen LogP contribution in [-0.4, -0.2) is 0 Å². The standard InChI is InChI=1S/C13H8BrCl3O/c14-12-3-8(7-15)1-2-13(12)18-11-5-9(16)4-10(17)6-11/h1-6H,7H2. The highest BCUT2D eigenvalue weighted by Gasteiger charge is 2.05. The Hall–Kier alpha value is -0.410. The van der Waals surface area contributed by atoms with E-state index in [1.807, 2.05) is 18.2 Å². The smallest absolute Gasteiger partial charge is 0.141 e. The Kier molecular flexibility index (Phi) is 4.79. The first kappa shape index (κ1) is 14.0. The third-order valence-electron chi connectivity index (χ3n) is 2.21. The van der Waals surface area contributed by atoms with Crippen LogP contribution in [0.2, 0.25) is 10.0 Å². The fourth-order valence-corrected chi connectivity index (χ4v) is 2.60. The zero-order chi connectivity index (χ0) is 13.1. The molecule has 94 valence electrons. The van der Waals surface area contributed by atoms with E-state index in [2.05, 4.69) is 15.9 Å². The molecule has 0 saturated carbocycles. The predicted octanol–water partition coefficient (Wildman–Crippen LogP) is 6.29. The maximum atomic E-state index is 5.91. The van der Waals surface area contributed by atoms with Gasteiger partial charge in [-0.05, 0) is 51.8 Å². The predicted molar refractivity (Wildman–Crippen MR) is 80.2 cm³/mol. The van der Waals surface area contributed by atoms with Gasteiger partial charge in [-0.3, -0.25) is 0 Å². The third-order valence-corrected chi connectivity index (χ3v) is 3.58. The quantitative estimate of drug-likeness (QED) is 0.580. The summed E-state index contributed by atoms with van der Waals surface area (Å²) in [6.07, 6.45) is 0. The summed E-state index contributed by atoms with van der Waals surface area (Å²) in [5.41, 5.74) is 1.01. The van der Waals surface area contributed by atoms with Crippen LogP contribution in [0.15, 0.2) is 40.9 Å². The molecule has 5 heteroatoms. The molecule has 18 heavy (non-hydrogen) atoms. The number of halogens is 4. The molecule has 2 rings (SSSR count). The van der Waals surface area contributed by atoms with Gasteiger partial charge in [0.2, 0.25) is 0 Å². The molecule has 0 aliphatic rings. The van der Waals surface area contributed by atoms with Gasteiger partial charge in [0, 0.05) is 15.9 Å². The second kappa shape index (κ2) is 6.16. The van der Waals surface area contributed by atoms with Gasteiger partial charge in [-0.15, -0.1) is 11.6 Å². The Morgan fingerprint density at radius 1 is 1.00 bits per heavy atom. The molecule has 0 amide bonds. The minimum absolute atomic E-state index is 0.460. The second-order valence-corrected chi connectivity index (χ2v) is 5.60. The van der Waals surface area contributed by atoms with E-state index in [9.17, 15) is 0 Å². The van der Waals surface area contributed by atoms with Crippen molar-refractivity contribution in [1.29, 1.82) is 0 Å². The molecule has 0 saturated heterocycles. The molecular formula is C13H8BrCl3O. The van der Waals surface area contributed by atoms with E-state index in [0.29, 0.717) is 27.4 Å². The van der Waals surface area contributed by atoms with Crippen LogP contribution in [0.5, 0.6) is 11.5 Å². The molecule has 0 aliphatic heterocycles. The molecule has 2 aromatic carbocycles.